The summed E-state index contributed by atoms with van der Waals surface area (Å²) in [7, 11) is -6.00. The van der Waals surface area contributed by atoms with Crippen molar-refractivity contribution >= 4 is 13.2 Å². The lowest BCUT2D eigenvalue weighted by Gasteiger charge is -1.96. The van der Waals surface area contributed by atoms with Crippen LogP contribution < -0.4 is 4.99 Å². The molecule has 0 aromatic rings. The van der Waals surface area contributed by atoms with Gasteiger partial charge in [0.25, 0.3) is 0 Å². The second kappa shape index (κ2) is 7.53. The molecule has 7 heteroatoms. The predicted molar refractivity (Wildman–Crippen MR) is 51.1 cm³/mol. The quantitative estimate of drug-likeness (QED) is 0.532. The second-order valence-corrected chi connectivity index (χ2v) is 3.09. The van der Waals surface area contributed by atoms with Crippen LogP contribution in [0.25, 0.3) is 0 Å². The molecule has 90 valence electrons. The van der Waals surface area contributed by atoms with Gasteiger partial charge in [-0.1, -0.05) is 0 Å². The van der Waals surface area contributed by atoms with Crippen LogP contribution in [0.4, 0.5) is 17.3 Å². The molecule has 0 aromatic heterocycles. The standard InChI is InChI=1S/C8H15NO.BF4/c1-2-10-8-6-4-3-5-7-9-8;2-1(3,4)5/h2-7H2,1H3;/q;-1/p+1. The average Bonchev–Trinajstić information content (AvgIpc) is 2.30. The summed E-state index contributed by atoms with van der Waals surface area (Å²) in [6, 6.07) is 0. The molecule has 0 amide bonds. The fraction of sp³-hybridized carbons (Fsp3) is 0.875. The van der Waals surface area contributed by atoms with Crippen molar-refractivity contribution in [2.75, 3.05) is 13.2 Å². The molecule has 1 rings (SSSR count). The van der Waals surface area contributed by atoms with E-state index in [4.69, 9.17) is 4.74 Å². The zero-order valence-corrected chi connectivity index (χ0v) is 8.74. The maximum atomic E-state index is 9.75. The van der Waals surface area contributed by atoms with Crippen LogP contribution in [0, 0.1) is 0 Å². The third-order valence-corrected chi connectivity index (χ3v) is 1.72. The van der Waals surface area contributed by atoms with Gasteiger partial charge in [0.1, 0.15) is 6.54 Å². The molecule has 0 fully saturated rings. The van der Waals surface area contributed by atoms with Gasteiger partial charge in [0.05, 0.1) is 13.0 Å². The van der Waals surface area contributed by atoms with Crippen LogP contribution in [0.15, 0.2) is 0 Å². The zero-order valence-electron chi connectivity index (χ0n) is 8.74. The lowest BCUT2D eigenvalue weighted by molar-refractivity contribution is -0.468. The first-order valence-electron chi connectivity index (χ1n) is 5.03. The third-order valence-electron chi connectivity index (χ3n) is 1.72. The maximum Gasteiger partial charge on any atom is 0.673 e. The summed E-state index contributed by atoms with van der Waals surface area (Å²) in [6.07, 6.45) is 5.01. The van der Waals surface area contributed by atoms with E-state index in [1.807, 2.05) is 6.92 Å². The van der Waals surface area contributed by atoms with E-state index in [2.05, 4.69) is 4.99 Å². The molecule has 2 nitrogen and oxygen atoms in total. The molecule has 15 heavy (non-hydrogen) atoms. The van der Waals surface area contributed by atoms with Crippen LogP contribution in [0.1, 0.15) is 32.6 Å². The topological polar surface area (TPSA) is 23.2 Å². The molecule has 0 aliphatic carbocycles. The Kier molecular flexibility index (Phi) is 7.16. The van der Waals surface area contributed by atoms with E-state index >= 15 is 0 Å². The van der Waals surface area contributed by atoms with Crippen LogP contribution in [0.5, 0.6) is 0 Å². The van der Waals surface area contributed by atoms with E-state index in [1.54, 1.807) is 0 Å². The van der Waals surface area contributed by atoms with Crippen molar-refractivity contribution in [1.82, 2.24) is 0 Å². The molecule has 0 atom stereocenters. The van der Waals surface area contributed by atoms with Crippen LogP contribution in [-0.2, 0) is 4.74 Å². The van der Waals surface area contributed by atoms with Gasteiger partial charge in [-0.25, -0.2) is 4.99 Å². The molecule has 0 bridgehead atoms. The number of ether oxygens (including phenoxy) is 1. The Hall–Kier alpha value is -0.745. The molecule has 0 unspecified atom stereocenters. The van der Waals surface area contributed by atoms with Gasteiger partial charge in [-0.3, -0.25) is 0 Å². The number of rotatable bonds is 1. The predicted octanol–water partition coefficient (Wildman–Crippen LogP) is 1.38. The molecule has 0 spiro atoms. The Bertz CT molecular complexity index is 190. The van der Waals surface area contributed by atoms with Gasteiger partial charge in [-0.15, -0.1) is 0 Å². The number of halogens is 4. The van der Waals surface area contributed by atoms with Gasteiger partial charge in [0.15, 0.2) is 0 Å². The van der Waals surface area contributed by atoms with Gasteiger partial charge < -0.3 is 22.0 Å². The van der Waals surface area contributed by atoms with Crippen LogP contribution >= 0.6 is 0 Å². The SMILES string of the molecule is CCOC1=[NH+]CCCCC1.F[B-](F)(F)F. The lowest BCUT2D eigenvalue weighted by Crippen LogP contribution is -2.73. The van der Waals surface area contributed by atoms with Crippen molar-refractivity contribution in [3.8, 4) is 0 Å². The summed E-state index contributed by atoms with van der Waals surface area (Å²) in [4.78, 5) is 3.28. The Morgan fingerprint density at radius 2 is 1.80 bits per heavy atom. The summed E-state index contributed by atoms with van der Waals surface area (Å²) in [5.74, 6) is 1.10. The van der Waals surface area contributed by atoms with Crippen LogP contribution in [0.2, 0.25) is 0 Å². The van der Waals surface area contributed by atoms with Gasteiger partial charge in [-0.05, 0) is 19.8 Å². The van der Waals surface area contributed by atoms with E-state index in [0.29, 0.717) is 0 Å². The summed E-state index contributed by atoms with van der Waals surface area (Å²) >= 11 is 0. The Balaban J connectivity index is 0.000000336. The van der Waals surface area contributed by atoms with Gasteiger partial charge >= 0.3 is 13.2 Å². The highest BCUT2D eigenvalue weighted by atomic mass is 19.5. The van der Waals surface area contributed by atoms with E-state index < -0.39 is 7.25 Å². The van der Waals surface area contributed by atoms with E-state index in [1.165, 1.54) is 19.3 Å². The number of hydrogen-bond acceptors (Lipinski definition) is 1. The second-order valence-electron chi connectivity index (χ2n) is 3.09. The molecule has 0 saturated carbocycles. The minimum Gasteiger partial charge on any atom is -0.448 e. The van der Waals surface area contributed by atoms with E-state index in [-0.39, 0.29) is 0 Å². The monoisotopic (exact) mass is 229 g/mol. The smallest absolute Gasteiger partial charge is 0.448 e. The Labute approximate surface area is 86.8 Å². The van der Waals surface area contributed by atoms with Gasteiger partial charge in [0, 0.05) is 6.42 Å². The maximum absolute atomic E-state index is 9.75. The first-order chi connectivity index (χ1) is 6.93. The Morgan fingerprint density at radius 3 is 2.33 bits per heavy atom. The van der Waals surface area contributed by atoms with Crippen molar-refractivity contribution in [1.29, 1.82) is 0 Å². The highest BCUT2D eigenvalue weighted by Gasteiger charge is 2.20. The van der Waals surface area contributed by atoms with Crippen molar-refractivity contribution < 1.29 is 27.0 Å². The highest BCUT2D eigenvalue weighted by molar-refractivity contribution is 6.50. The lowest BCUT2D eigenvalue weighted by atomic mass is 10.2. The molecule has 1 aliphatic heterocycles. The molecule has 1 aliphatic rings. The van der Waals surface area contributed by atoms with E-state index in [9.17, 15) is 17.3 Å². The van der Waals surface area contributed by atoms with Crippen molar-refractivity contribution in [3.05, 3.63) is 0 Å². The van der Waals surface area contributed by atoms with Crippen molar-refractivity contribution in [3.63, 3.8) is 0 Å². The first kappa shape index (κ1) is 14.3. The minimum absolute atomic E-state index is 0.794. The largest absolute Gasteiger partial charge is 0.673 e. The number of nitrogens with one attached hydrogen (secondary N) is 1. The average molecular weight is 229 g/mol. The summed E-state index contributed by atoms with van der Waals surface area (Å²) in [5, 5.41) is 0. The molecule has 0 aromatic carbocycles. The minimum atomic E-state index is -6.00. The van der Waals surface area contributed by atoms with E-state index in [0.717, 1.165) is 25.5 Å². The molecular weight excluding hydrogens is 213 g/mol. The van der Waals surface area contributed by atoms with Gasteiger partial charge in [0.2, 0.25) is 0 Å². The molecule has 1 N–H and O–H groups in total. The summed E-state index contributed by atoms with van der Waals surface area (Å²) in [5.41, 5.74) is 0. The van der Waals surface area contributed by atoms with Crippen molar-refractivity contribution in [2.45, 2.75) is 32.6 Å². The third kappa shape index (κ3) is 13.3. The number of hydrogen-bond donors (Lipinski definition) is 1. The first-order valence-corrected chi connectivity index (χ1v) is 5.03. The molecule has 0 saturated heterocycles. The van der Waals surface area contributed by atoms with Crippen LogP contribution in [-0.4, -0.2) is 26.3 Å². The fourth-order valence-electron chi connectivity index (χ4n) is 1.20. The van der Waals surface area contributed by atoms with Gasteiger partial charge in [-0.2, -0.15) is 0 Å². The normalized spacial score (nSPS) is 17.0. The Morgan fingerprint density at radius 1 is 1.20 bits per heavy atom. The summed E-state index contributed by atoms with van der Waals surface area (Å²) in [6.45, 7) is 3.91. The molecule has 0 radical (unpaired) electrons. The summed E-state index contributed by atoms with van der Waals surface area (Å²) < 4.78 is 44.4. The van der Waals surface area contributed by atoms with Crippen LogP contribution in [0.3, 0.4) is 0 Å². The highest BCUT2D eigenvalue weighted by Crippen LogP contribution is 2.06. The molecular formula is C8H16BF4NO. The zero-order chi connectivity index (χ0) is 11.7. The fourth-order valence-corrected chi connectivity index (χ4v) is 1.20. The van der Waals surface area contributed by atoms with Crippen molar-refractivity contribution in [2.24, 2.45) is 0 Å². The molecule has 1 heterocycles.